The average molecular weight is 360 g/mol. The third-order valence-electron chi connectivity index (χ3n) is 2.49. The summed E-state index contributed by atoms with van der Waals surface area (Å²) in [5, 5.41) is 3.07. The fourth-order valence-corrected chi connectivity index (χ4v) is 2.02. The maximum absolute atomic E-state index is 11.8. The Labute approximate surface area is 141 Å². The molecule has 2 rings (SSSR count). The number of halogens is 3. The maximum Gasteiger partial charge on any atom is 0.359 e. The van der Waals surface area contributed by atoms with Gasteiger partial charge < -0.3 is 10.1 Å². The number of hydrogen-bond donors (Lipinski definition) is 1. The fourth-order valence-electron chi connectivity index (χ4n) is 1.51. The molecular weight excluding hydrogens is 351 g/mol. The Balaban J connectivity index is 1.95. The lowest BCUT2D eigenvalue weighted by molar-refractivity contribution is -0.119. The molecule has 0 unspecified atom stereocenters. The summed E-state index contributed by atoms with van der Waals surface area (Å²) < 4.78 is 4.84. The third-order valence-corrected chi connectivity index (χ3v) is 3.33. The van der Waals surface area contributed by atoms with Gasteiger partial charge in [0.25, 0.3) is 5.91 Å². The highest BCUT2D eigenvalue weighted by molar-refractivity contribution is 6.34. The van der Waals surface area contributed by atoms with Crippen LogP contribution < -0.4 is 5.32 Å². The van der Waals surface area contributed by atoms with Crippen molar-refractivity contribution in [2.75, 3.05) is 11.9 Å². The van der Waals surface area contributed by atoms with Crippen LogP contribution in [0, 0.1) is 0 Å². The number of para-hydroxylation sites is 1. The third kappa shape index (κ3) is 4.34. The van der Waals surface area contributed by atoms with Gasteiger partial charge in [-0.25, -0.2) is 9.78 Å². The van der Waals surface area contributed by atoms with Crippen LogP contribution in [-0.2, 0) is 9.53 Å². The second kappa shape index (κ2) is 7.45. The Kier molecular flexibility index (Phi) is 5.60. The van der Waals surface area contributed by atoms with E-state index in [1.165, 1.54) is 12.1 Å². The SMILES string of the molecule is O=C(COC(=O)c1nc(Cl)ccc1Cl)Nc1ccccc1Cl. The molecule has 0 spiro atoms. The minimum atomic E-state index is -0.846. The molecule has 1 aromatic heterocycles. The molecule has 22 heavy (non-hydrogen) atoms. The zero-order valence-corrected chi connectivity index (χ0v) is 13.2. The van der Waals surface area contributed by atoms with Crippen molar-refractivity contribution in [2.45, 2.75) is 0 Å². The Morgan fingerprint density at radius 3 is 2.50 bits per heavy atom. The van der Waals surface area contributed by atoms with Crippen LogP contribution in [0.1, 0.15) is 10.5 Å². The molecule has 1 aromatic carbocycles. The zero-order chi connectivity index (χ0) is 16.1. The van der Waals surface area contributed by atoms with E-state index in [4.69, 9.17) is 39.5 Å². The molecule has 0 fully saturated rings. The summed E-state index contributed by atoms with van der Waals surface area (Å²) >= 11 is 17.4. The molecule has 1 heterocycles. The van der Waals surface area contributed by atoms with E-state index in [1.54, 1.807) is 24.3 Å². The summed E-state index contributed by atoms with van der Waals surface area (Å²) in [6.07, 6.45) is 0. The largest absolute Gasteiger partial charge is 0.451 e. The first kappa shape index (κ1) is 16.5. The number of pyridine rings is 1. The molecule has 0 saturated heterocycles. The van der Waals surface area contributed by atoms with Gasteiger partial charge in [0.05, 0.1) is 15.7 Å². The average Bonchev–Trinajstić information content (AvgIpc) is 2.49. The first-order valence-corrected chi connectivity index (χ1v) is 7.14. The van der Waals surface area contributed by atoms with E-state index < -0.39 is 18.5 Å². The molecule has 0 saturated carbocycles. The Morgan fingerprint density at radius 1 is 1.05 bits per heavy atom. The maximum atomic E-state index is 11.8. The number of aromatic nitrogens is 1. The van der Waals surface area contributed by atoms with Gasteiger partial charge in [0.15, 0.2) is 12.3 Å². The number of nitrogens with one attached hydrogen (secondary N) is 1. The van der Waals surface area contributed by atoms with Gasteiger partial charge in [0.2, 0.25) is 0 Å². The molecule has 114 valence electrons. The van der Waals surface area contributed by atoms with Crippen LogP contribution in [0.3, 0.4) is 0 Å². The molecule has 1 N–H and O–H groups in total. The van der Waals surface area contributed by atoms with Gasteiger partial charge in [0.1, 0.15) is 5.15 Å². The summed E-state index contributed by atoms with van der Waals surface area (Å²) in [6, 6.07) is 9.53. The molecule has 2 aromatic rings. The van der Waals surface area contributed by atoms with E-state index in [9.17, 15) is 9.59 Å². The molecular formula is C14H9Cl3N2O3. The molecule has 0 bridgehead atoms. The molecule has 0 aliphatic rings. The Morgan fingerprint density at radius 2 is 1.77 bits per heavy atom. The van der Waals surface area contributed by atoms with Crippen molar-refractivity contribution in [3.63, 3.8) is 0 Å². The number of carbonyl (C=O) groups is 2. The van der Waals surface area contributed by atoms with Crippen LogP contribution in [0.2, 0.25) is 15.2 Å². The minimum Gasteiger partial charge on any atom is -0.451 e. The lowest BCUT2D eigenvalue weighted by Crippen LogP contribution is -2.21. The highest BCUT2D eigenvalue weighted by atomic mass is 35.5. The number of anilines is 1. The second-order valence-electron chi connectivity index (χ2n) is 4.07. The summed E-state index contributed by atoms with van der Waals surface area (Å²) in [5.74, 6) is -1.39. The van der Waals surface area contributed by atoms with Crippen molar-refractivity contribution in [1.82, 2.24) is 4.98 Å². The number of hydrogen-bond acceptors (Lipinski definition) is 4. The molecule has 0 aliphatic heterocycles. The molecule has 0 aliphatic carbocycles. The molecule has 0 radical (unpaired) electrons. The minimum absolute atomic E-state index is 0.0842. The second-order valence-corrected chi connectivity index (χ2v) is 5.27. The quantitative estimate of drug-likeness (QED) is 0.665. The summed E-state index contributed by atoms with van der Waals surface area (Å²) in [5.41, 5.74) is 0.267. The molecule has 5 nitrogen and oxygen atoms in total. The summed E-state index contributed by atoms with van der Waals surface area (Å²) in [7, 11) is 0. The molecule has 8 heteroatoms. The number of esters is 1. The number of carbonyl (C=O) groups excluding carboxylic acids is 2. The number of benzene rings is 1. The summed E-state index contributed by atoms with van der Waals surface area (Å²) in [4.78, 5) is 27.3. The van der Waals surface area contributed by atoms with E-state index >= 15 is 0 Å². The number of amides is 1. The first-order chi connectivity index (χ1) is 10.5. The predicted octanol–water partition coefficient (Wildman–Crippen LogP) is 3.84. The predicted molar refractivity (Wildman–Crippen MR) is 84.6 cm³/mol. The standard InChI is InChI=1S/C14H9Cl3N2O3/c15-8-3-1-2-4-10(8)18-12(20)7-22-14(21)13-9(16)5-6-11(17)19-13/h1-6H,7H2,(H,18,20). The van der Waals surface area contributed by atoms with Crippen molar-refractivity contribution in [1.29, 1.82) is 0 Å². The lowest BCUT2D eigenvalue weighted by Gasteiger charge is -2.08. The van der Waals surface area contributed by atoms with Crippen LogP contribution in [-0.4, -0.2) is 23.5 Å². The van der Waals surface area contributed by atoms with E-state index in [1.807, 2.05) is 0 Å². The number of nitrogens with zero attached hydrogens (tertiary/aromatic N) is 1. The van der Waals surface area contributed by atoms with Gasteiger partial charge in [-0.15, -0.1) is 0 Å². The highest BCUT2D eigenvalue weighted by Crippen LogP contribution is 2.20. The van der Waals surface area contributed by atoms with Gasteiger partial charge in [-0.1, -0.05) is 46.9 Å². The van der Waals surface area contributed by atoms with E-state index in [0.29, 0.717) is 10.7 Å². The zero-order valence-electron chi connectivity index (χ0n) is 11.0. The number of ether oxygens (including phenoxy) is 1. The van der Waals surface area contributed by atoms with Crippen LogP contribution in [0.5, 0.6) is 0 Å². The van der Waals surface area contributed by atoms with Crippen molar-refractivity contribution in [3.8, 4) is 0 Å². The van der Waals surface area contributed by atoms with Gasteiger partial charge in [-0.05, 0) is 24.3 Å². The van der Waals surface area contributed by atoms with E-state index in [-0.39, 0.29) is 15.9 Å². The normalized spacial score (nSPS) is 10.1. The van der Waals surface area contributed by atoms with Gasteiger partial charge in [0, 0.05) is 0 Å². The van der Waals surface area contributed by atoms with E-state index in [2.05, 4.69) is 10.3 Å². The smallest absolute Gasteiger partial charge is 0.359 e. The van der Waals surface area contributed by atoms with Crippen molar-refractivity contribution >= 4 is 52.4 Å². The van der Waals surface area contributed by atoms with Crippen LogP contribution in [0.15, 0.2) is 36.4 Å². The molecule has 0 atom stereocenters. The van der Waals surface area contributed by atoms with Crippen LogP contribution in [0.25, 0.3) is 0 Å². The van der Waals surface area contributed by atoms with Gasteiger partial charge >= 0.3 is 5.97 Å². The van der Waals surface area contributed by atoms with Crippen LogP contribution >= 0.6 is 34.8 Å². The topological polar surface area (TPSA) is 68.3 Å². The van der Waals surface area contributed by atoms with Crippen molar-refractivity contribution in [3.05, 3.63) is 57.3 Å². The highest BCUT2D eigenvalue weighted by Gasteiger charge is 2.16. The van der Waals surface area contributed by atoms with E-state index in [0.717, 1.165) is 0 Å². The van der Waals surface area contributed by atoms with Crippen LogP contribution in [0.4, 0.5) is 5.69 Å². The van der Waals surface area contributed by atoms with Crippen molar-refractivity contribution in [2.24, 2.45) is 0 Å². The Hall–Kier alpha value is -1.82. The first-order valence-electron chi connectivity index (χ1n) is 6.01. The summed E-state index contributed by atoms with van der Waals surface area (Å²) in [6.45, 7) is -0.505. The molecule has 1 amide bonds. The van der Waals surface area contributed by atoms with Crippen molar-refractivity contribution < 1.29 is 14.3 Å². The fraction of sp³-hybridized carbons (Fsp3) is 0.0714. The monoisotopic (exact) mass is 358 g/mol. The Bertz CT molecular complexity index is 722. The lowest BCUT2D eigenvalue weighted by atomic mass is 10.3. The van der Waals surface area contributed by atoms with Gasteiger partial charge in [-0.3, -0.25) is 4.79 Å². The number of rotatable bonds is 4. The van der Waals surface area contributed by atoms with Gasteiger partial charge in [-0.2, -0.15) is 0 Å².